The van der Waals surface area contributed by atoms with Gasteiger partial charge in [0.15, 0.2) is 5.60 Å². The molecular formula is C58H71ClN4O9S2. The van der Waals surface area contributed by atoms with Crippen molar-refractivity contribution in [1.29, 1.82) is 0 Å². The fraction of sp³-hybridized carbons (Fsp3) is 0.483. The van der Waals surface area contributed by atoms with Crippen molar-refractivity contribution in [1.82, 2.24) is 20.9 Å². The Morgan fingerprint density at radius 2 is 1.45 bits per heavy atom. The Balaban J connectivity index is 1.15. The van der Waals surface area contributed by atoms with Gasteiger partial charge in [0.2, 0.25) is 11.8 Å². The number of alkyl carbamates (subject to hydrolysis) is 1. The summed E-state index contributed by atoms with van der Waals surface area (Å²) in [7, 11) is 2.93. The van der Waals surface area contributed by atoms with E-state index < -0.39 is 76.7 Å². The first kappa shape index (κ1) is 57.7. The lowest BCUT2D eigenvalue weighted by Crippen LogP contribution is -2.60. The molecule has 0 radical (unpaired) electrons. The summed E-state index contributed by atoms with van der Waals surface area (Å²) in [6.07, 6.45) is 7.01. The lowest BCUT2D eigenvalue weighted by Gasteiger charge is -2.40. The third-order valence-corrected chi connectivity index (χ3v) is 17.2. The average Bonchev–Trinajstić information content (AvgIpc) is 3.68. The van der Waals surface area contributed by atoms with Crippen LogP contribution in [0.3, 0.4) is 0 Å². The highest BCUT2D eigenvalue weighted by Crippen LogP contribution is 2.49. The number of rotatable bonds is 24. The third-order valence-electron chi connectivity index (χ3n) is 13.6. The SMILES string of the molecule is CCC(C)(CCOC(C)(CC)CCC(=O)OC(c1ccccc1)(c1ccc([C@@]23C=C(C#CC2)C3)cc1)c1ccccc1Cl)NC(=O)[C@H](CSSC(C)(C)C)NC(=O)[C@H](CNC(=O)OC(C)(C)C)N1C(=O)C=CC1=O. The summed E-state index contributed by atoms with van der Waals surface area (Å²) in [5, 5.41) is 8.89. The standard InChI is InChI=1S/C58H71ClN4O9S2/c1-11-55(9,62-50(67)45(38-73-74-54(6,7)8)61-51(68)46(63-47(64)28-29-48(63)65)37-60-52(69)72-53(3,4)5)33-34-70-56(10,12-2)32-30-49(66)71-58(41-20-14-13-15-21-41,43-22-16-17-23-44(43)59)42-26-24-40(25-27-42)57-31-18-19-39(35-57)36-57/h13-17,20-29,35,45-46H,11-12,30-34,36-38H2,1-10H3,(H,60,69)(H,61,68)(H,62,67)/t45-,46-,55?,56?,57+,58?/m0/s1. The van der Waals surface area contributed by atoms with Crippen LogP contribution in [0.25, 0.3) is 0 Å². The minimum Gasteiger partial charge on any atom is -0.444 e. The van der Waals surface area contributed by atoms with E-state index in [-0.39, 0.29) is 28.9 Å². The number of fused-ring (bicyclic) bond motifs is 1. The molecule has 5 amide bonds. The van der Waals surface area contributed by atoms with Crippen LogP contribution < -0.4 is 16.0 Å². The minimum absolute atomic E-state index is 0.0309. The topological polar surface area (TPSA) is 169 Å². The van der Waals surface area contributed by atoms with Crippen molar-refractivity contribution in [3.05, 3.63) is 130 Å². The Morgan fingerprint density at radius 1 is 0.811 bits per heavy atom. The summed E-state index contributed by atoms with van der Waals surface area (Å²) in [5.41, 5.74) is 0.551. The number of hydrogen-bond acceptors (Lipinski definition) is 11. The lowest BCUT2D eigenvalue weighted by molar-refractivity contribution is -0.155. The summed E-state index contributed by atoms with van der Waals surface area (Å²) in [6.45, 7) is 18.7. The van der Waals surface area contributed by atoms with E-state index >= 15 is 0 Å². The van der Waals surface area contributed by atoms with E-state index in [0.29, 0.717) is 36.3 Å². The molecule has 0 saturated heterocycles. The van der Waals surface area contributed by atoms with Gasteiger partial charge in [0.1, 0.15) is 17.7 Å². The number of esters is 1. The van der Waals surface area contributed by atoms with Gasteiger partial charge in [-0.05, 0) is 78.4 Å². The quantitative estimate of drug-likeness (QED) is 0.0257. The van der Waals surface area contributed by atoms with Gasteiger partial charge in [-0.25, -0.2) is 4.79 Å². The molecule has 13 nitrogen and oxygen atoms in total. The van der Waals surface area contributed by atoms with E-state index in [4.69, 9.17) is 25.8 Å². The molecule has 74 heavy (non-hydrogen) atoms. The highest BCUT2D eigenvalue weighted by Gasteiger charge is 2.45. The molecule has 0 spiro atoms. The summed E-state index contributed by atoms with van der Waals surface area (Å²) in [4.78, 5) is 82.0. The summed E-state index contributed by atoms with van der Waals surface area (Å²) < 4.78 is 18.6. The molecule has 3 aromatic rings. The van der Waals surface area contributed by atoms with Crippen LogP contribution in [0.5, 0.6) is 0 Å². The number of hydrogen-bond donors (Lipinski definition) is 3. The van der Waals surface area contributed by atoms with E-state index in [1.165, 1.54) is 27.2 Å². The highest BCUT2D eigenvalue weighted by molar-refractivity contribution is 8.77. The second-order valence-electron chi connectivity index (χ2n) is 21.7. The zero-order chi connectivity index (χ0) is 54.1. The number of allylic oxidation sites excluding steroid dienone is 2. The van der Waals surface area contributed by atoms with E-state index in [2.05, 4.69) is 46.0 Å². The zero-order valence-electron chi connectivity index (χ0n) is 44.3. The molecular weight excluding hydrogens is 996 g/mol. The molecule has 4 aliphatic rings. The van der Waals surface area contributed by atoms with Crippen LogP contribution in [0.2, 0.25) is 5.02 Å². The molecule has 3 N–H and O–H groups in total. The molecule has 0 saturated carbocycles. The molecule has 0 aromatic heterocycles. The van der Waals surface area contributed by atoms with Gasteiger partial charge in [0, 0.05) is 80.3 Å². The number of amides is 5. The van der Waals surface area contributed by atoms with Crippen LogP contribution in [-0.2, 0) is 49.2 Å². The number of nitrogens with one attached hydrogen (secondary N) is 3. The van der Waals surface area contributed by atoms with Crippen molar-refractivity contribution in [3.63, 3.8) is 0 Å². The highest BCUT2D eigenvalue weighted by atomic mass is 35.5. The first-order valence-corrected chi connectivity index (χ1v) is 28.0. The molecule has 2 bridgehead atoms. The Kier molecular flexibility index (Phi) is 18.7. The number of benzene rings is 3. The van der Waals surface area contributed by atoms with E-state index in [1.54, 1.807) is 26.8 Å². The molecule has 16 heteroatoms. The average molecular weight is 1070 g/mol. The van der Waals surface area contributed by atoms with Gasteiger partial charge < -0.3 is 30.2 Å². The van der Waals surface area contributed by atoms with Crippen molar-refractivity contribution in [2.24, 2.45) is 0 Å². The van der Waals surface area contributed by atoms with Crippen LogP contribution in [0.15, 0.2) is 103 Å². The molecule has 6 atom stereocenters. The number of carbonyl (C=O) groups excluding carboxylic acids is 6. The van der Waals surface area contributed by atoms with Gasteiger partial charge >= 0.3 is 12.1 Å². The molecule has 0 fully saturated rings. The molecule has 3 unspecified atom stereocenters. The smallest absolute Gasteiger partial charge is 0.407 e. The van der Waals surface area contributed by atoms with Crippen molar-refractivity contribution in [2.75, 3.05) is 18.9 Å². The number of halogens is 1. The normalized spacial score (nSPS) is 19.2. The second kappa shape index (κ2) is 24.0. The molecule has 3 aromatic carbocycles. The maximum absolute atomic E-state index is 14.5. The van der Waals surface area contributed by atoms with Crippen molar-refractivity contribution in [3.8, 4) is 11.8 Å². The Bertz CT molecular complexity index is 2670. The third kappa shape index (κ3) is 14.4. The van der Waals surface area contributed by atoms with Gasteiger partial charge in [-0.15, -0.1) is 0 Å². The molecule has 1 heterocycles. The number of nitrogens with zero attached hydrogens (tertiary/aromatic N) is 1. The predicted octanol–water partition coefficient (Wildman–Crippen LogP) is 10.3. The van der Waals surface area contributed by atoms with Gasteiger partial charge in [-0.3, -0.25) is 28.9 Å². The first-order chi connectivity index (χ1) is 34.8. The minimum atomic E-state index is -1.48. The van der Waals surface area contributed by atoms with Gasteiger partial charge in [-0.1, -0.05) is 159 Å². The summed E-state index contributed by atoms with van der Waals surface area (Å²) in [5.74, 6) is 3.46. The fourth-order valence-electron chi connectivity index (χ4n) is 8.97. The van der Waals surface area contributed by atoms with Crippen LogP contribution in [0.1, 0.15) is 136 Å². The van der Waals surface area contributed by atoms with Crippen LogP contribution >= 0.6 is 33.2 Å². The summed E-state index contributed by atoms with van der Waals surface area (Å²) in [6, 6.07) is 22.8. The van der Waals surface area contributed by atoms with Crippen LogP contribution in [-0.4, -0.2) is 93.1 Å². The molecule has 3 aliphatic carbocycles. The van der Waals surface area contributed by atoms with Gasteiger partial charge in [0.05, 0.1) is 12.1 Å². The monoisotopic (exact) mass is 1070 g/mol. The van der Waals surface area contributed by atoms with Crippen molar-refractivity contribution in [2.45, 2.75) is 159 Å². The Labute approximate surface area is 449 Å². The Morgan fingerprint density at radius 3 is 2.03 bits per heavy atom. The maximum atomic E-state index is 14.5. The van der Waals surface area contributed by atoms with Crippen molar-refractivity contribution < 1.29 is 43.0 Å². The fourth-order valence-corrected chi connectivity index (χ4v) is 11.7. The lowest BCUT2D eigenvalue weighted by atomic mass is 9.62. The largest absolute Gasteiger partial charge is 0.444 e. The van der Waals surface area contributed by atoms with Crippen LogP contribution in [0.4, 0.5) is 4.79 Å². The molecule has 7 rings (SSSR count). The second-order valence-corrected chi connectivity index (χ2v) is 25.3. The van der Waals surface area contributed by atoms with Crippen LogP contribution in [0, 0.1) is 11.8 Å². The molecule has 1 aliphatic heterocycles. The van der Waals surface area contributed by atoms with E-state index in [1.807, 2.05) is 109 Å². The zero-order valence-corrected chi connectivity index (χ0v) is 46.7. The Hall–Kier alpha value is -5.53. The maximum Gasteiger partial charge on any atom is 0.407 e. The van der Waals surface area contributed by atoms with E-state index in [0.717, 1.165) is 46.6 Å². The summed E-state index contributed by atoms with van der Waals surface area (Å²) >= 11 is 7.02. The molecule has 396 valence electrons. The van der Waals surface area contributed by atoms with Gasteiger partial charge in [0.25, 0.3) is 11.8 Å². The number of imide groups is 1. The number of carbonyl (C=O) groups is 6. The predicted molar refractivity (Wildman–Crippen MR) is 293 cm³/mol. The van der Waals surface area contributed by atoms with E-state index in [9.17, 15) is 28.8 Å². The van der Waals surface area contributed by atoms with Gasteiger partial charge in [-0.2, -0.15) is 0 Å². The van der Waals surface area contributed by atoms with Crippen molar-refractivity contribution >= 4 is 68.9 Å². The first-order valence-electron chi connectivity index (χ1n) is 25.3. The number of ether oxygens (including phenoxy) is 3.